The first-order valence-electron chi connectivity index (χ1n) is 20.8. The fourth-order valence-corrected chi connectivity index (χ4v) is 9.61. The lowest BCUT2D eigenvalue weighted by molar-refractivity contribution is -0.933. The van der Waals surface area contributed by atoms with Crippen molar-refractivity contribution in [3.63, 3.8) is 0 Å². The quantitative estimate of drug-likeness (QED) is 0.0996. The van der Waals surface area contributed by atoms with Crippen LogP contribution in [0, 0.1) is 23.7 Å². The zero-order chi connectivity index (χ0) is 44.5. The van der Waals surface area contributed by atoms with E-state index in [-0.39, 0.29) is 95.5 Å². The Kier molecular flexibility index (Phi) is 36.8. The third kappa shape index (κ3) is 23.4. The second-order valence-electron chi connectivity index (χ2n) is 19.5. The van der Waals surface area contributed by atoms with Crippen LogP contribution in [0.1, 0.15) is 88.8 Å². The van der Waals surface area contributed by atoms with Gasteiger partial charge in [-0.15, -0.1) is 0 Å². The maximum atomic E-state index is 10.1. The zero-order valence-electron chi connectivity index (χ0n) is 40.0. The lowest BCUT2D eigenvalue weighted by Gasteiger charge is -2.41. The highest BCUT2D eigenvalue weighted by Crippen LogP contribution is 2.27. The summed E-state index contributed by atoms with van der Waals surface area (Å²) in [5.41, 5.74) is 7.84. The summed E-state index contributed by atoms with van der Waals surface area (Å²) in [6, 6.07) is 14.4. The van der Waals surface area contributed by atoms with E-state index in [0.29, 0.717) is 29.7 Å². The summed E-state index contributed by atoms with van der Waals surface area (Å²) in [5, 5.41) is 42.0. The number of halogens is 6. The Morgan fingerprint density at radius 2 is 0.633 bits per heavy atom. The molecule has 14 heteroatoms. The maximum absolute atomic E-state index is 10.1. The average molecular weight is 1240 g/mol. The number of likely N-dealkylation sites (N-methyl/N-ethyl adjacent to an activating group) is 4. The Morgan fingerprint density at radius 1 is 0.417 bits per heavy atom. The Hall–Kier alpha value is 1.000. The van der Waals surface area contributed by atoms with Crippen LogP contribution in [0.4, 0.5) is 0 Å². The molecule has 0 fully saturated rings. The molecule has 0 unspecified atom stereocenters. The van der Waals surface area contributed by atoms with E-state index in [1.54, 1.807) is 0 Å². The van der Waals surface area contributed by atoms with Gasteiger partial charge in [0.1, 0.15) is 37.8 Å². The van der Waals surface area contributed by atoms with Gasteiger partial charge in [0.25, 0.3) is 0 Å². The van der Waals surface area contributed by atoms with Gasteiger partial charge < -0.3 is 89.7 Å². The molecule has 0 aliphatic heterocycles. The number of rotatable bonds is 21. The SMILES string of the molecule is BrCc1cc(CBr)cc(CBr)c1.CC(C)[C@@H](CO)N(C)C.CC(C)[C@@H](CO)[N+](C)(C)Cc1cc(C[N+](C)(C)[C@H](CO)C(C)C)cc(C[N+](C)(C)[C@H](CO)C(C)C)c1.[Br-].[Br-].[Br-]. The first kappa shape index (κ1) is 67.6. The topological polar surface area (TPSA) is 84.2 Å². The van der Waals surface area contributed by atoms with Crippen molar-refractivity contribution in [1.82, 2.24) is 4.90 Å². The van der Waals surface area contributed by atoms with Crippen LogP contribution in [-0.2, 0) is 35.6 Å². The van der Waals surface area contributed by atoms with Gasteiger partial charge in [-0.05, 0) is 54.9 Å². The number of alkyl halides is 3. The van der Waals surface area contributed by atoms with Crippen molar-refractivity contribution in [2.24, 2.45) is 23.7 Å². The highest BCUT2D eigenvalue weighted by molar-refractivity contribution is 9.09. The fraction of sp³-hybridized carbons (Fsp3) is 0.739. The van der Waals surface area contributed by atoms with E-state index >= 15 is 0 Å². The summed E-state index contributed by atoms with van der Waals surface area (Å²) in [7, 11) is 17.3. The van der Waals surface area contributed by atoms with E-state index in [4.69, 9.17) is 5.11 Å². The van der Waals surface area contributed by atoms with Crippen LogP contribution in [0.15, 0.2) is 36.4 Å². The van der Waals surface area contributed by atoms with Crippen molar-refractivity contribution < 1.29 is 84.8 Å². The molecule has 0 radical (unpaired) electrons. The van der Waals surface area contributed by atoms with Crippen LogP contribution in [0.2, 0.25) is 0 Å². The standard InChI is InChI=1S/C30H60N3O3.C9H9Br3.C7H17NO.3BrH/c1-22(2)28(19-34)31(7,8)16-25-13-26(17-32(9,10)29(20-35)23(3)4)15-27(14-25)18-33(11,12)30(21-36)24(5)6;10-4-7-1-8(5-11)3-9(2-7)6-12;1-6(2)7(5-9)8(3)4;;;/h13-15,22-24,28-30,34-36H,16-21H2,1-12H3;1-3H,4-6H2;6-7,9H,5H2,1-4H3;3*1H/q+3;;;;;/p-3/t28-,29-,30-;;7-;;;/m1.1.../s1. The number of aliphatic hydroxyl groups is 4. The molecule has 0 heterocycles. The lowest BCUT2D eigenvalue weighted by atomic mass is 9.96. The minimum absolute atomic E-state index is 0. The lowest BCUT2D eigenvalue weighted by Crippen LogP contribution is -3.00. The Balaban J connectivity index is -0.000000534. The van der Waals surface area contributed by atoms with Gasteiger partial charge >= 0.3 is 0 Å². The summed E-state index contributed by atoms with van der Waals surface area (Å²) in [4.78, 5) is 2.05. The summed E-state index contributed by atoms with van der Waals surface area (Å²) in [6.45, 7) is 20.6. The molecule has 0 spiro atoms. The van der Waals surface area contributed by atoms with E-state index in [0.717, 1.165) is 49.1 Å². The largest absolute Gasteiger partial charge is 1.00 e. The molecule has 0 aromatic heterocycles. The molecule has 356 valence electrons. The number of benzene rings is 2. The number of quaternary nitrogens is 3. The molecule has 60 heavy (non-hydrogen) atoms. The minimum Gasteiger partial charge on any atom is -1.00 e. The van der Waals surface area contributed by atoms with Gasteiger partial charge in [-0.1, -0.05) is 121 Å². The Bertz CT molecular complexity index is 1230. The van der Waals surface area contributed by atoms with E-state index in [1.165, 1.54) is 33.4 Å². The highest BCUT2D eigenvalue weighted by Gasteiger charge is 2.35. The molecule has 0 bridgehead atoms. The molecule has 8 nitrogen and oxygen atoms in total. The van der Waals surface area contributed by atoms with E-state index in [2.05, 4.69) is 182 Å². The van der Waals surface area contributed by atoms with Gasteiger partial charge in [-0.2, -0.15) is 0 Å². The van der Waals surface area contributed by atoms with Crippen molar-refractivity contribution in [3.05, 3.63) is 69.8 Å². The molecule has 2 aromatic rings. The van der Waals surface area contributed by atoms with Crippen molar-refractivity contribution in [2.45, 2.75) is 115 Å². The third-order valence-corrected chi connectivity index (χ3v) is 13.6. The molecule has 0 saturated carbocycles. The second kappa shape index (κ2) is 32.6. The molecular formula is C46H86Br6N4O4. The van der Waals surface area contributed by atoms with Gasteiger partial charge in [0.05, 0.1) is 68.7 Å². The predicted molar refractivity (Wildman–Crippen MR) is 255 cm³/mol. The predicted octanol–water partition coefficient (Wildman–Crippen LogP) is -0.585. The van der Waals surface area contributed by atoms with Crippen molar-refractivity contribution in [2.75, 3.05) is 82.8 Å². The number of hydrogen-bond acceptors (Lipinski definition) is 5. The second-order valence-corrected chi connectivity index (χ2v) is 21.1. The fourth-order valence-electron chi connectivity index (χ4n) is 8.63. The van der Waals surface area contributed by atoms with Gasteiger partial charge in [-0.25, -0.2) is 0 Å². The summed E-state index contributed by atoms with van der Waals surface area (Å²) in [6.07, 6.45) is 0. The van der Waals surface area contributed by atoms with Crippen molar-refractivity contribution in [3.8, 4) is 0 Å². The molecule has 4 N–H and O–H groups in total. The molecule has 0 amide bonds. The first-order chi connectivity index (χ1) is 26.3. The molecule has 4 atom stereocenters. The summed E-state index contributed by atoms with van der Waals surface area (Å²) in [5.74, 6) is 1.68. The van der Waals surface area contributed by atoms with E-state index in [9.17, 15) is 15.3 Å². The Morgan fingerprint density at radius 3 is 0.750 bits per heavy atom. The smallest absolute Gasteiger partial charge is 0.115 e. The van der Waals surface area contributed by atoms with Crippen LogP contribution in [-0.4, -0.2) is 146 Å². The molecule has 2 aromatic carbocycles. The molecule has 0 aliphatic carbocycles. The molecule has 0 saturated heterocycles. The van der Waals surface area contributed by atoms with Crippen LogP contribution in [0.25, 0.3) is 0 Å². The number of hydrogen-bond donors (Lipinski definition) is 4. The Labute approximate surface area is 425 Å². The summed E-state index contributed by atoms with van der Waals surface area (Å²) < 4.78 is 2.18. The van der Waals surface area contributed by atoms with Crippen LogP contribution in [0.3, 0.4) is 0 Å². The molecule has 2 rings (SSSR count). The first-order valence-corrected chi connectivity index (χ1v) is 24.2. The molecule has 0 aliphatic rings. The van der Waals surface area contributed by atoms with Gasteiger partial charge in [0, 0.05) is 56.5 Å². The van der Waals surface area contributed by atoms with Gasteiger partial charge in [-0.3, -0.25) is 0 Å². The van der Waals surface area contributed by atoms with Crippen molar-refractivity contribution in [1.29, 1.82) is 0 Å². The third-order valence-electron chi connectivity index (χ3n) is 11.6. The van der Waals surface area contributed by atoms with Gasteiger partial charge in [0.2, 0.25) is 0 Å². The maximum Gasteiger partial charge on any atom is 0.115 e. The number of nitrogens with zero attached hydrogens (tertiary/aromatic N) is 4. The number of aliphatic hydroxyl groups excluding tert-OH is 4. The zero-order valence-corrected chi connectivity index (χ0v) is 49.5. The summed E-state index contributed by atoms with van der Waals surface area (Å²) >= 11 is 10.4. The van der Waals surface area contributed by atoms with Crippen LogP contribution in [0.5, 0.6) is 0 Å². The normalized spacial score (nSPS) is 14.0. The minimum atomic E-state index is 0. The van der Waals surface area contributed by atoms with E-state index in [1.807, 2.05) is 19.0 Å². The monoisotopic (exact) mass is 1230 g/mol. The van der Waals surface area contributed by atoms with Crippen LogP contribution >= 0.6 is 47.8 Å². The van der Waals surface area contributed by atoms with Crippen molar-refractivity contribution >= 4 is 47.8 Å². The van der Waals surface area contributed by atoms with Crippen LogP contribution < -0.4 is 50.9 Å². The van der Waals surface area contributed by atoms with E-state index < -0.39 is 0 Å². The average Bonchev–Trinajstić information content (AvgIpc) is 3.07. The molecular weight excluding hydrogens is 1150 g/mol. The highest BCUT2D eigenvalue weighted by atomic mass is 79.9. The van der Waals surface area contributed by atoms with Gasteiger partial charge in [0.15, 0.2) is 0 Å².